The summed E-state index contributed by atoms with van der Waals surface area (Å²) in [5.74, 6) is 1.06. The molecule has 2 N–H and O–H groups in total. The van der Waals surface area contributed by atoms with Gasteiger partial charge in [-0.15, -0.1) is 0 Å². The Hall–Kier alpha value is -2.34. The van der Waals surface area contributed by atoms with E-state index < -0.39 is 0 Å². The Morgan fingerprint density at radius 2 is 1.75 bits per heavy atom. The van der Waals surface area contributed by atoms with Gasteiger partial charge in [0.05, 0.1) is 0 Å². The molecule has 0 aromatic heterocycles. The first-order valence-corrected chi connectivity index (χ1v) is 6.35. The zero-order chi connectivity index (χ0) is 13.9. The fourth-order valence-electron chi connectivity index (χ4n) is 1.83. The quantitative estimate of drug-likeness (QED) is 0.830. The van der Waals surface area contributed by atoms with E-state index in [4.69, 9.17) is 21.7 Å². The molecule has 0 fully saturated rings. The maximum Gasteiger partial charge on any atom is 0.231 e. The van der Waals surface area contributed by atoms with Crippen LogP contribution in [0.5, 0.6) is 11.5 Å². The van der Waals surface area contributed by atoms with Crippen LogP contribution in [-0.2, 0) is 0 Å². The average molecular weight is 290 g/mol. The molecule has 102 valence electrons. The van der Waals surface area contributed by atoms with Crippen LogP contribution in [0.3, 0.4) is 0 Å². The van der Waals surface area contributed by atoms with Crippen molar-refractivity contribution in [1.29, 1.82) is 0 Å². The summed E-state index contributed by atoms with van der Waals surface area (Å²) in [5.41, 5.74) is 1.35. The zero-order valence-corrected chi connectivity index (χ0v) is 11.2. The van der Waals surface area contributed by atoms with Crippen molar-refractivity contribution in [3.63, 3.8) is 0 Å². The fourth-order valence-corrected chi connectivity index (χ4v) is 2.07. The zero-order valence-electron chi connectivity index (χ0n) is 10.4. The lowest BCUT2D eigenvalue weighted by atomic mass is 10.3. The summed E-state index contributed by atoms with van der Waals surface area (Å²) in [6.45, 7) is 0.227. The summed E-state index contributed by atoms with van der Waals surface area (Å²) in [6, 6.07) is 11.5. The first-order chi connectivity index (χ1) is 9.70. The molecule has 0 saturated heterocycles. The number of nitrogens with one attached hydrogen (secondary N) is 2. The highest BCUT2D eigenvalue weighted by Gasteiger charge is 2.13. The number of anilines is 2. The largest absolute Gasteiger partial charge is 0.454 e. The van der Waals surface area contributed by atoms with Gasteiger partial charge in [0.25, 0.3) is 0 Å². The molecule has 2 aromatic rings. The van der Waals surface area contributed by atoms with Crippen LogP contribution in [-0.4, -0.2) is 11.9 Å². The van der Waals surface area contributed by atoms with Crippen molar-refractivity contribution in [2.24, 2.45) is 0 Å². The molecule has 3 rings (SSSR count). The molecule has 2 aromatic carbocycles. The van der Waals surface area contributed by atoms with Gasteiger partial charge >= 0.3 is 0 Å². The third kappa shape index (κ3) is 2.80. The van der Waals surface area contributed by atoms with Crippen molar-refractivity contribution >= 4 is 28.7 Å². The first kappa shape index (κ1) is 12.7. The molecule has 0 spiro atoms. The Morgan fingerprint density at radius 3 is 2.55 bits per heavy atom. The molecule has 4 nitrogen and oxygen atoms in total. The van der Waals surface area contributed by atoms with Crippen molar-refractivity contribution in [2.45, 2.75) is 0 Å². The first-order valence-electron chi connectivity index (χ1n) is 5.94. The lowest BCUT2D eigenvalue weighted by Crippen LogP contribution is -2.19. The van der Waals surface area contributed by atoms with Gasteiger partial charge in [0.2, 0.25) is 6.79 Å². The maximum atomic E-state index is 13.1. The smallest absolute Gasteiger partial charge is 0.231 e. The highest BCUT2D eigenvalue weighted by atomic mass is 32.1. The topological polar surface area (TPSA) is 42.5 Å². The second kappa shape index (κ2) is 5.34. The Kier molecular flexibility index (Phi) is 3.39. The minimum absolute atomic E-state index is 0.227. The third-order valence-electron chi connectivity index (χ3n) is 2.71. The van der Waals surface area contributed by atoms with Crippen molar-refractivity contribution in [1.82, 2.24) is 0 Å². The van der Waals surface area contributed by atoms with Gasteiger partial charge in [-0.2, -0.15) is 0 Å². The number of halogens is 1. The monoisotopic (exact) mass is 290 g/mol. The average Bonchev–Trinajstić information content (AvgIpc) is 2.86. The van der Waals surface area contributed by atoms with Gasteiger partial charge < -0.3 is 20.1 Å². The summed E-state index contributed by atoms with van der Waals surface area (Å²) < 4.78 is 23.6. The second-order valence-electron chi connectivity index (χ2n) is 4.16. The van der Waals surface area contributed by atoms with Gasteiger partial charge in [-0.05, 0) is 42.5 Å². The molecule has 0 amide bonds. The molecule has 0 bridgehead atoms. The van der Waals surface area contributed by atoms with E-state index in [0.717, 1.165) is 5.69 Å². The number of hydrogen-bond donors (Lipinski definition) is 2. The minimum Gasteiger partial charge on any atom is -0.454 e. The molecule has 0 unspecified atom stereocenters. The van der Waals surface area contributed by atoms with Gasteiger partial charge in [0.1, 0.15) is 5.82 Å². The highest BCUT2D eigenvalue weighted by molar-refractivity contribution is 7.80. The van der Waals surface area contributed by atoms with Crippen LogP contribution in [0.1, 0.15) is 0 Å². The molecular weight excluding hydrogens is 279 g/mol. The Bertz CT molecular complexity index is 663. The van der Waals surface area contributed by atoms with E-state index in [0.29, 0.717) is 22.3 Å². The summed E-state index contributed by atoms with van der Waals surface area (Å²) in [5, 5.41) is 6.28. The van der Waals surface area contributed by atoms with Crippen LogP contribution >= 0.6 is 12.2 Å². The molecule has 0 atom stereocenters. The summed E-state index contributed by atoms with van der Waals surface area (Å²) in [7, 11) is 0. The number of ether oxygens (including phenoxy) is 2. The maximum absolute atomic E-state index is 13.1. The number of thiocarbonyl (C=S) groups is 1. The van der Waals surface area contributed by atoms with Crippen LogP contribution in [0.4, 0.5) is 15.8 Å². The predicted molar refractivity (Wildman–Crippen MR) is 78.8 cm³/mol. The van der Waals surface area contributed by atoms with Gasteiger partial charge in [0.15, 0.2) is 16.6 Å². The Balaban J connectivity index is 1.67. The van der Waals surface area contributed by atoms with E-state index >= 15 is 0 Å². The van der Waals surface area contributed by atoms with E-state index in [9.17, 15) is 4.39 Å². The lowest BCUT2D eigenvalue weighted by molar-refractivity contribution is 0.174. The fraction of sp³-hybridized carbons (Fsp3) is 0.0714. The SMILES string of the molecule is Fc1cccc(NC(=S)Nc2ccc3c(c2)OCO3)c1. The van der Waals surface area contributed by atoms with Crippen LogP contribution in [0.2, 0.25) is 0 Å². The van der Waals surface area contributed by atoms with Gasteiger partial charge in [-0.3, -0.25) is 0 Å². The Labute approximate surface area is 120 Å². The van der Waals surface area contributed by atoms with E-state index in [1.165, 1.54) is 12.1 Å². The molecule has 0 aliphatic carbocycles. The molecule has 1 aliphatic heterocycles. The minimum atomic E-state index is -0.319. The second-order valence-corrected chi connectivity index (χ2v) is 4.57. The lowest BCUT2D eigenvalue weighted by Gasteiger charge is -2.11. The molecular formula is C14H11FN2O2S. The standard InChI is InChI=1S/C14H11FN2O2S/c15-9-2-1-3-10(6-9)16-14(20)17-11-4-5-12-13(7-11)19-8-18-12/h1-7H,8H2,(H2,16,17,20). The van der Waals surface area contributed by atoms with Crippen molar-refractivity contribution in [3.05, 3.63) is 48.3 Å². The predicted octanol–water partition coefficient (Wildman–Crippen LogP) is 3.36. The van der Waals surface area contributed by atoms with Crippen LogP contribution in [0.15, 0.2) is 42.5 Å². The molecule has 0 saturated carbocycles. The molecule has 0 radical (unpaired) electrons. The molecule has 1 heterocycles. The summed E-state index contributed by atoms with van der Waals surface area (Å²) in [4.78, 5) is 0. The van der Waals surface area contributed by atoms with Crippen molar-refractivity contribution < 1.29 is 13.9 Å². The van der Waals surface area contributed by atoms with Gasteiger partial charge in [-0.1, -0.05) is 6.07 Å². The molecule has 1 aliphatic rings. The van der Waals surface area contributed by atoms with Crippen molar-refractivity contribution in [3.8, 4) is 11.5 Å². The van der Waals surface area contributed by atoms with E-state index in [1.54, 1.807) is 24.3 Å². The third-order valence-corrected chi connectivity index (χ3v) is 2.92. The van der Waals surface area contributed by atoms with Crippen molar-refractivity contribution in [2.75, 3.05) is 17.4 Å². The van der Waals surface area contributed by atoms with Crippen LogP contribution in [0, 0.1) is 5.82 Å². The van der Waals surface area contributed by atoms with E-state index in [2.05, 4.69) is 10.6 Å². The molecule has 20 heavy (non-hydrogen) atoms. The Morgan fingerprint density at radius 1 is 1.00 bits per heavy atom. The van der Waals surface area contributed by atoms with Crippen LogP contribution < -0.4 is 20.1 Å². The van der Waals surface area contributed by atoms with E-state index in [1.807, 2.05) is 6.07 Å². The number of rotatable bonds is 2. The number of fused-ring (bicyclic) bond motifs is 1. The summed E-state index contributed by atoms with van der Waals surface area (Å²) in [6.07, 6.45) is 0. The number of benzene rings is 2. The van der Waals surface area contributed by atoms with Crippen LogP contribution in [0.25, 0.3) is 0 Å². The molecule has 6 heteroatoms. The van der Waals surface area contributed by atoms with E-state index in [-0.39, 0.29) is 12.6 Å². The van der Waals surface area contributed by atoms with Gasteiger partial charge in [0, 0.05) is 17.4 Å². The normalized spacial score (nSPS) is 12.1. The number of hydrogen-bond acceptors (Lipinski definition) is 3. The van der Waals surface area contributed by atoms with Gasteiger partial charge in [-0.25, -0.2) is 4.39 Å². The highest BCUT2D eigenvalue weighted by Crippen LogP contribution is 2.34. The summed E-state index contributed by atoms with van der Waals surface area (Å²) >= 11 is 5.17.